The first kappa shape index (κ1) is 29.6. The fourth-order valence-electron chi connectivity index (χ4n) is 6.30. The number of hydrogen-bond donors (Lipinski definition) is 0. The minimum absolute atomic E-state index is 0.243. The quantitative estimate of drug-likeness (QED) is 0.150. The number of benzene rings is 3. The van der Waals surface area contributed by atoms with Gasteiger partial charge in [-0.25, -0.2) is 8.78 Å². The van der Waals surface area contributed by atoms with E-state index in [0.717, 1.165) is 42.2 Å². The number of hydrogen-bond acceptors (Lipinski definition) is 4. The molecule has 4 aromatic rings. The molecule has 3 heterocycles. The molecular formula is C35H41F2N3O2Si. The van der Waals surface area contributed by atoms with Gasteiger partial charge in [0.05, 0.1) is 5.52 Å². The average molecular weight is 602 g/mol. The summed E-state index contributed by atoms with van der Waals surface area (Å²) in [6.07, 6.45) is 6.25. The molecule has 5 nitrogen and oxygen atoms in total. The number of ether oxygens (including phenoxy) is 2. The minimum Gasteiger partial charge on any atom is -0.472 e. The third kappa shape index (κ3) is 5.88. The first-order valence-electron chi connectivity index (χ1n) is 15.1. The van der Waals surface area contributed by atoms with E-state index in [1.165, 1.54) is 28.8 Å². The Morgan fingerprint density at radius 1 is 1.02 bits per heavy atom. The smallest absolute Gasteiger partial charge is 0.203 e. The Hall–Kier alpha value is -3.46. The Labute approximate surface area is 254 Å². The van der Waals surface area contributed by atoms with Gasteiger partial charge in [-0.15, -0.1) is 0 Å². The van der Waals surface area contributed by atoms with E-state index >= 15 is 8.78 Å². The van der Waals surface area contributed by atoms with Gasteiger partial charge in [0.2, 0.25) is 6.23 Å². The van der Waals surface area contributed by atoms with Crippen molar-refractivity contribution in [3.8, 4) is 11.1 Å². The van der Waals surface area contributed by atoms with Gasteiger partial charge in [-0.2, -0.15) is 0 Å². The molecule has 8 heteroatoms. The third-order valence-electron chi connectivity index (χ3n) is 8.70. The van der Waals surface area contributed by atoms with E-state index in [0.29, 0.717) is 24.4 Å². The summed E-state index contributed by atoms with van der Waals surface area (Å²) >= 11 is 0. The van der Waals surface area contributed by atoms with Gasteiger partial charge < -0.3 is 23.8 Å². The first-order valence-corrected chi connectivity index (χ1v) is 18.8. The van der Waals surface area contributed by atoms with Crippen molar-refractivity contribution in [2.45, 2.75) is 65.5 Å². The van der Waals surface area contributed by atoms with Crippen LogP contribution < -0.4 is 4.90 Å². The van der Waals surface area contributed by atoms with Crippen molar-refractivity contribution < 1.29 is 18.3 Å². The molecule has 0 fully saturated rings. The zero-order valence-corrected chi connectivity index (χ0v) is 27.0. The Kier molecular flexibility index (Phi) is 7.96. The molecule has 0 N–H and O–H groups in total. The molecule has 43 heavy (non-hydrogen) atoms. The lowest BCUT2D eigenvalue weighted by Crippen LogP contribution is -2.28. The number of rotatable bonds is 8. The van der Waals surface area contributed by atoms with E-state index < -0.39 is 25.9 Å². The zero-order valence-electron chi connectivity index (χ0n) is 26.0. The van der Waals surface area contributed by atoms with E-state index in [1.807, 2.05) is 30.0 Å². The normalized spacial score (nSPS) is 17.1. The number of likely N-dealkylation sites (N-methyl/N-ethyl adjacent to an activating group) is 1. The molecule has 6 rings (SSSR count). The Balaban J connectivity index is 1.44. The summed E-state index contributed by atoms with van der Waals surface area (Å²) in [4.78, 5) is 4.47. The number of anilines is 1. The van der Waals surface area contributed by atoms with Crippen molar-refractivity contribution in [1.29, 1.82) is 0 Å². The largest absolute Gasteiger partial charge is 0.472 e. The molecule has 1 unspecified atom stereocenters. The highest BCUT2D eigenvalue weighted by atomic mass is 28.3. The van der Waals surface area contributed by atoms with Crippen LogP contribution in [-0.4, -0.2) is 37.7 Å². The summed E-state index contributed by atoms with van der Waals surface area (Å²) in [5.41, 5.74) is 7.85. The van der Waals surface area contributed by atoms with Gasteiger partial charge in [0, 0.05) is 67.9 Å². The molecule has 0 bridgehead atoms. The first-order chi connectivity index (χ1) is 20.5. The summed E-state index contributed by atoms with van der Waals surface area (Å²) in [6.45, 7) is 13.9. The average Bonchev–Trinajstić information content (AvgIpc) is 3.55. The molecule has 0 amide bonds. The molecule has 0 radical (unpaired) electrons. The molecule has 0 aliphatic carbocycles. The van der Waals surface area contributed by atoms with E-state index in [9.17, 15) is 0 Å². The van der Waals surface area contributed by atoms with Crippen LogP contribution in [0.4, 0.5) is 14.5 Å². The van der Waals surface area contributed by atoms with Crippen LogP contribution in [-0.2, 0) is 29.2 Å². The summed E-state index contributed by atoms with van der Waals surface area (Å²) in [7, 11) is 0.890. The second-order valence-corrected chi connectivity index (χ2v) is 18.9. The van der Waals surface area contributed by atoms with Crippen LogP contribution in [0.5, 0.6) is 0 Å². The maximum absolute atomic E-state index is 15.8. The lowest BCUT2D eigenvalue weighted by atomic mass is 9.94. The lowest BCUT2D eigenvalue weighted by Gasteiger charge is -2.30. The molecular weight excluding hydrogens is 560 g/mol. The van der Waals surface area contributed by atoms with E-state index in [1.54, 1.807) is 18.4 Å². The van der Waals surface area contributed by atoms with Crippen LogP contribution >= 0.6 is 0 Å². The van der Waals surface area contributed by atoms with Crippen LogP contribution in [0.25, 0.3) is 22.0 Å². The number of halogens is 2. The van der Waals surface area contributed by atoms with Crippen LogP contribution in [0.1, 0.15) is 34.0 Å². The highest BCUT2D eigenvalue weighted by molar-refractivity contribution is 6.76. The molecule has 1 aromatic heterocycles. The number of aromatic nitrogens is 1. The van der Waals surface area contributed by atoms with Crippen molar-refractivity contribution in [2.24, 2.45) is 0 Å². The van der Waals surface area contributed by atoms with Gasteiger partial charge >= 0.3 is 0 Å². The minimum atomic E-state index is -1.26. The second kappa shape index (κ2) is 11.6. The topological polar surface area (TPSA) is 29.9 Å². The molecule has 0 saturated carbocycles. The lowest BCUT2D eigenvalue weighted by molar-refractivity contribution is 0.0897. The third-order valence-corrected chi connectivity index (χ3v) is 10.4. The predicted octanol–water partition coefficient (Wildman–Crippen LogP) is 8.51. The monoisotopic (exact) mass is 601 g/mol. The van der Waals surface area contributed by atoms with Crippen LogP contribution in [0.15, 0.2) is 61.1 Å². The molecule has 2 aliphatic heterocycles. The van der Waals surface area contributed by atoms with Crippen molar-refractivity contribution in [3.05, 3.63) is 101 Å². The van der Waals surface area contributed by atoms with Gasteiger partial charge in [0.1, 0.15) is 24.6 Å². The molecule has 2 aliphatic rings. The highest BCUT2D eigenvalue weighted by Gasteiger charge is 2.30. The maximum atomic E-state index is 15.8. The molecule has 226 valence electrons. The van der Waals surface area contributed by atoms with Crippen LogP contribution in [0.2, 0.25) is 25.7 Å². The van der Waals surface area contributed by atoms with Crippen LogP contribution in [0, 0.1) is 25.5 Å². The maximum Gasteiger partial charge on any atom is 0.203 e. The van der Waals surface area contributed by atoms with Gasteiger partial charge in [-0.05, 0) is 85.9 Å². The van der Waals surface area contributed by atoms with Gasteiger partial charge in [-0.1, -0.05) is 31.8 Å². The number of aryl methyl sites for hydroxylation is 2. The van der Waals surface area contributed by atoms with Crippen LogP contribution in [0.3, 0.4) is 0 Å². The van der Waals surface area contributed by atoms with E-state index in [4.69, 9.17) is 9.47 Å². The Morgan fingerprint density at radius 3 is 2.60 bits per heavy atom. The van der Waals surface area contributed by atoms with Gasteiger partial charge in [-0.3, -0.25) is 0 Å². The molecule has 3 aromatic carbocycles. The number of fused-ring (bicyclic) bond motifs is 2. The van der Waals surface area contributed by atoms with Gasteiger partial charge in [0.15, 0.2) is 0 Å². The predicted molar refractivity (Wildman–Crippen MR) is 173 cm³/mol. The van der Waals surface area contributed by atoms with Crippen molar-refractivity contribution >= 4 is 24.7 Å². The number of nitrogens with zero attached hydrogens (tertiary/aromatic N) is 3. The summed E-state index contributed by atoms with van der Waals surface area (Å²) in [6, 6.07) is 13.6. The van der Waals surface area contributed by atoms with E-state index in [-0.39, 0.29) is 11.1 Å². The molecule has 1 atom stereocenters. The second-order valence-electron chi connectivity index (χ2n) is 13.3. The fraction of sp³-hybridized carbons (Fsp3) is 0.371. The Morgan fingerprint density at radius 2 is 1.84 bits per heavy atom. The van der Waals surface area contributed by atoms with Gasteiger partial charge in [0.25, 0.3) is 0 Å². The van der Waals surface area contributed by atoms with Crippen molar-refractivity contribution in [1.82, 2.24) is 9.47 Å². The SMILES string of the molecule is Cc1cc(N2C=COC2c2cn(COCC[Si](C)(C)C)c3cc(F)c(-c4c(C)cccc4F)cc23)cc2c1CCN(C)C2. The fourth-order valence-corrected chi connectivity index (χ4v) is 7.06. The zero-order chi connectivity index (χ0) is 30.5. The summed E-state index contributed by atoms with van der Waals surface area (Å²) in [5, 5.41) is 0.806. The highest BCUT2D eigenvalue weighted by Crippen LogP contribution is 2.41. The summed E-state index contributed by atoms with van der Waals surface area (Å²) < 4.78 is 45.2. The standard InChI is InChI=1S/C35H41F2N3O2Si/c1-23-8-7-9-31(36)34(23)29-18-28-30(21-39(33(28)19-32(29)37)22-41-14-15-43(4,5)6)35-40(12-13-42-35)26-16-24(2)27-10-11-38(3)20-25(27)17-26/h7-9,12-13,16-19,21,35H,10-11,14-15,20,22H2,1-6H3. The van der Waals surface area contributed by atoms with Crippen molar-refractivity contribution in [3.63, 3.8) is 0 Å². The molecule has 0 spiro atoms. The van der Waals surface area contributed by atoms with E-state index in [2.05, 4.69) is 55.5 Å². The summed E-state index contributed by atoms with van der Waals surface area (Å²) in [5.74, 6) is -0.908. The van der Waals surface area contributed by atoms with Crippen molar-refractivity contribution in [2.75, 3.05) is 25.1 Å². The molecule has 0 saturated heterocycles. The Bertz CT molecular complexity index is 1690.